The minimum absolute atomic E-state index is 0.0373. The monoisotopic (exact) mass is 382 g/mol. The molecule has 0 spiro atoms. The van der Waals surface area contributed by atoms with Gasteiger partial charge in [-0.2, -0.15) is 8.78 Å². The molecular formula is C23H36F2O2. The third kappa shape index (κ3) is 6.39. The highest BCUT2D eigenvalue weighted by atomic mass is 19.3. The lowest BCUT2D eigenvalue weighted by molar-refractivity contribution is -0.237. The zero-order valence-electron chi connectivity index (χ0n) is 16.8. The highest BCUT2D eigenvalue weighted by Gasteiger charge is 2.35. The molecule has 0 amide bonds. The van der Waals surface area contributed by atoms with Crippen molar-refractivity contribution < 1.29 is 18.3 Å². The van der Waals surface area contributed by atoms with Crippen LogP contribution < -0.4 is 0 Å². The molecule has 1 aliphatic heterocycles. The van der Waals surface area contributed by atoms with Gasteiger partial charge in [0.1, 0.15) is 0 Å². The predicted octanol–water partition coefficient (Wildman–Crippen LogP) is 6.73. The van der Waals surface area contributed by atoms with E-state index in [1.807, 2.05) is 0 Å². The van der Waals surface area contributed by atoms with Crippen molar-refractivity contribution in [2.45, 2.75) is 77.4 Å². The zero-order valence-corrected chi connectivity index (χ0v) is 16.8. The molecule has 0 N–H and O–H groups in total. The van der Waals surface area contributed by atoms with Gasteiger partial charge in [-0.25, -0.2) is 0 Å². The molecule has 2 nitrogen and oxygen atoms in total. The van der Waals surface area contributed by atoms with Crippen molar-refractivity contribution in [1.29, 1.82) is 0 Å². The smallest absolute Gasteiger partial charge is 0.266 e. The van der Waals surface area contributed by atoms with Gasteiger partial charge in [0.05, 0.1) is 13.2 Å². The van der Waals surface area contributed by atoms with E-state index < -0.39 is 6.08 Å². The summed E-state index contributed by atoms with van der Waals surface area (Å²) in [6, 6.07) is 0. The van der Waals surface area contributed by atoms with Crippen molar-refractivity contribution in [2.75, 3.05) is 13.2 Å². The molecule has 1 saturated heterocycles. The van der Waals surface area contributed by atoms with E-state index in [9.17, 15) is 8.78 Å². The molecule has 4 heteroatoms. The summed E-state index contributed by atoms with van der Waals surface area (Å²) in [6.07, 6.45) is 15.1. The van der Waals surface area contributed by atoms with Gasteiger partial charge in [0.2, 0.25) is 0 Å². The molecule has 0 unspecified atom stereocenters. The number of halogens is 2. The molecule has 0 atom stereocenters. The molecule has 0 bridgehead atoms. The minimum atomic E-state index is -1.54. The first kappa shape index (κ1) is 21.0. The van der Waals surface area contributed by atoms with Gasteiger partial charge in [0, 0.05) is 11.8 Å². The van der Waals surface area contributed by atoms with Gasteiger partial charge in [-0.05, 0) is 95.0 Å². The summed E-state index contributed by atoms with van der Waals surface area (Å²) < 4.78 is 36.6. The van der Waals surface area contributed by atoms with Gasteiger partial charge in [-0.3, -0.25) is 0 Å². The van der Waals surface area contributed by atoms with Crippen LogP contribution >= 0.6 is 0 Å². The maximum atomic E-state index is 12.1. The second-order valence-electron chi connectivity index (χ2n) is 8.85. The summed E-state index contributed by atoms with van der Waals surface area (Å²) >= 11 is 0. The SMILES string of the molecule is C/C=C/C1CCC(C2COC(C3CCC(CCC=C(F)F)CC3)OC2)CC1. The number of rotatable bonds is 6. The van der Waals surface area contributed by atoms with Crippen LogP contribution in [0.1, 0.15) is 71.1 Å². The third-order valence-electron chi connectivity index (χ3n) is 7.05. The summed E-state index contributed by atoms with van der Waals surface area (Å²) in [6.45, 7) is 3.82. The Morgan fingerprint density at radius 3 is 2.07 bits per heavy atom. The van der Waals surface area contributed by atoms with Gasteiger partial charge >= 0.3 is 0 Å². The molecule has 0 aromatic heterocycles. The fourth-order valence-electron chi connectivity index (χ4n) is 5.34. The van der Waals surface area contributed by atoms with E-state index in [4.69, 9.17) is 9.47 Å². The number of hydrogen-bond acceptors (Lipinski definition) is 2. The molecule has 154 valence electrons. The molecular weight excluding hydrogens is 346 g/mol. The quantitative estimate of drug-likeness (QED) is 0.474. The fraction of sp³-hybridized carbons (Fsp3) is 0.826. The van der Waals surface area contributed by atoms with Crippen molar-refractivity contribution in [2.24, 2.45) is 29.6 Å². The predicted molar refractivity (Wildman–Crippen MR) is 104 cm³/mol. The summed E-state index contributed by atoms with van der Waals surface area (Å²) in [4.78, 5) is 0. The van der Waals surface area contributed by atoms with E-state index in [-0.39, 0.29) is 6.29 Å². The fourth-order valence-corrected chi connectivity index (χ4v) is 5.34. The first-order valence-corrected chi connectivity index (χ1v) is 11.0. The average Bonchev–Trinajstić information content (AvgIpc) is 2.69. The van der Waals surface area contributed by atoms with E-state index in [2.05, 4.69) is 19.1 Å². The highest BCUT2D eigenvalue weighted by molar-refractivity contribution is 4.90. The Bertz CT molecular complexity index is 477. The summed E-state index contributed by atoms with van der Waals surface area (Å²) in [5, 5.41) is 0. The normalized spacial score (nSPS) is 38.0. The van der Waals surface area contributed by atoms with Crippen molar-refractivity contribution >= 4 is 0 Å². The van der Waals surface area contributed by atoms with Crippen LogP contribution in [0.25, 0.3) is 0 Å². The van der Waals surface area contributed by atoms with E-state index in [1.54, 1.807) is 0 Å². The topological polar surface area (TPSA) is 18.5 Å². The number of ether oxygens (including phenoxy) is 2. The molecule has 0 aromatic carbocycles. The second kappa shape index (κ2) is 10.7. The van der Waals surface area contributed by atoms with E-state index in [0.29, 0.717) is 24.2 Å². The third-order valence-corrected chi connectivity index (χ3v) is 7.05. The van der Waals surface area contributed by atoms with Crippen molar-refractivity contribution in [3.63, 3.8) is 0 Å². The molecule has 3 rings (SSSR count). The van der Waals surface area contributed by atoms with Gasteiger partial charge in [-0.15, -0.1) is 0 Å². The molecule has 0 radical (unpaired) electrons. The molecule has 2 saturated carbocycles. The Balaban J connectivity index is 1.34. The average molecular weight is 383 g/mol. The lowest BCUT2D eigenvalue weighted by Gasteiger charge is -2.41. The lowest BCUT2D eigenvalue weighted by Crippen LogP contribution is -2.41. The standard InChI is InChI=1S/C23H36F2O2/c1-2-4-17-7-11-19(12-8-17)21-15-26-23(27-16-21)20-13-9-18(10-14-20)5-3-6-22(24)25/h2,4,6,17-21,23H,3,5,7-16H2,1H3/b4-2+. The van der Waals surface area contributed by atoms with Gasteiger partial charge < -0.3 is 9.47 Å². The van der Waals surface area contributed by atoms with Crippen molar-refractivity contribution in [3.8, 4) is 0 Å². The maximum Gasteiger partial charge on any atom is 0.266 e. The zero-order chi connectivity index (χ0) is 19.1. The molecule has 0 aromatic rings. The number of allylic oxidation sites excluding steroid dienone is 3. The van der Waals surface area contributed by atoms with Crippen LogP contribution in [-0.4, -0.2) is 19.5 Å². The van der Waals surface area contributed by atoms with Crippen LogP contribution in [0.4, 0.5) is 8.78 Å². The van der Waals surface area contributed by atoms with Crippen LogP contribution in [0, 0.1) is 29.6 Å². The number of hydrogen-bond donors (Lipinski definition) is 0. The lowest BCUT2D eigenvalue weighted by atomic mass is 9.75. The van der Waals surface area contributed by atoms with Gasteiger partial charge in [0.25, 0.3) is 6.08 Å². The van der Waals surface area contributed by atoms with Gasteiger partial charge in [0.15, 0.2) is 6.29 Å². The minimum Gasteiger partial charge on any atom is -0.352 e. The molecule has 27 heavy (non-hydrogen) atoms. The summed E-state index contributed by atoms with van der Waals surface area (Å²) in [5.41, 5.74) is 0. The van der Waals surface area contributed by atoms with Crippen LogP contribution in [0.5, 0.6) is 0 Å². The van der Waals surface area contributed by atoms with E-state index >= 15 is 0 Å². The van der Waals surface area contributed by atoms with Crippen molar-refractivity contribution in [3.05, 3.63) is 24.3 Å². The van der Waals surface area contributed by atoms with E-state index in [1.165, 1.54) is 25.7 Å². The summed E-state index contributed by atoms with van der Waals surface area (Å²) in [5.74, 6) is 3.16. The first-order chi connectivity index (χ1) is 13.2. The van der Waals surface area contributed by atoms with E-state index in [0.717, 1.165) is 63.2 Å². The molecule has 1 heterocycles. The van der Waals surface area contributed by atoms with Gasteiger partial charge in [-0.1, -0.05) is 12.2 Å². The Morgan fingerprint density at radius 2 is 1.48 bits per heavy atom. The Morgan fingerprint density at radius 1 is 0.852 bits per heavy atom. The van der Waals surface area contributed by atoms with Crippen molar-refractivity contribution in [1.82, 2.24) is 0 Å². The Kier molecular flexibility index (Phi) is 8.32. The summed E-state index contributed by atoms with van der Waals surface area (Å²) in [7, 11) is 0. The molecule has 3 fully saturated rings. The Labute approximate surface area is 163 Å². The largest absolute Gasteiger partial charge is 0.352 e. The Hall–Kier alpha value is -0.740. The molecule has 2 aliphatic carbocycles. The first-order valence-electron chi connectivity index (χ1n) is 11.0. The second-order valence-corrected chi connectivity index (χ2v) is 8.85. The van der Waals surface area contributed by atoms with Crippen LogP contribution in [0.15, 0.2) is 24.3 Å². The van der Waals surface area contributed by atoms with Crippen LogP contribution in [-0.2, 0) is 9.47 Å². The van der Waals surface area contributed by atoms with Crippen LogP contribution in [0.3, 0.4) is 0 Å². The maximum absolute atomic E-state index is 12.1. The highest BCUT2D eigenvalue weighted by Crippen LogP contribution is 2.39. The molecule has 3 aliphatic rings. The van der Waals surface area contributed by atoms with Crippen LogP contribution in [0.2, 0.25) is 0 Å².